The van der Waals surface area contributed by atoms with Gasteiger partial charge in [-0.25, -0.2) is 4.98 Å². The summed E-state index contributed by atoms with van der Waals surface area (Å²) < 4.78 is 2.33. The fourth-order valence-corrected chi connectivity index (χ4v) is 4.51. The molecular weight excluding hydrogens is 358 g/mol. The number of carbonyl (C=O) groups is 1. The summed E-state index contributed by atoms with van der Waals surface area (Å²) in [6.45, 7) is 8.33. The van der Waals surface area contributed by atoms with Gasteiger partial charge in [-0.2, -0.15) is 0 Å². The van der Waals surface area contributed by atoms with E-state index in [2.05, 4.69) is 72.7 Å². The van der Waals surface area contributed by atoms with E-state index in [1.165, 1.54) is 11.1 Å². The average Bonchev–Trinajstić information content (AvgIpc) is 3.37. The van der Waals surface area contributed by atoms with Crippen molar-refractivity contribution in [2.45, 2.75) is 64.0 Å². The molecule has 5 rings (SSSR count). The summed E-state index contributed by atoms with van der Waals surface area (Å²) in [5.41, 5.74) is 4.94. The van der Waals surface area contributed by atoms with Gasteiger partial charge in [0, 0.05) is 31.5 Å². The summed E-state index contributed by atoms with van der Waals surface area (Å²) in [7, 11) is 0. The Labute approximate surface area is 172 Å². The second-order valence-electron chi connectivity index (χ2n) is 9.67. The standard InChI is InChI=1S/C25H29N3O/c1-25(2,3)19-10-8-17(9-11-19)15-28-22-7-5-4-6-21(22)26-24(28)18-14-23(29)27(16-18)20-12-13-20/h4-11,18,20H,12-16H2,1-3H3. The first-order valence-corrected chi connectivity index (χ1v) is 10.7. The van der Waals surface area contributed by atoms with E-state index < -0.39 is 0 Å². The second kappa shape index (κ2) is 6.72. The first kappa shape index (κ1) is 18.4. The summed E-state index contributed by atoms with van der Waals surface area (Å²) in [5, 5.41) is 0. The molecule has 1 aliphatic carbocycles. The van der Waals surface area contributed by atoms with Gasteiger partial charge in [0.05, 0.1) is 11.0 Å². The van der Waals surface area contributed by atoms with Gasteiger partial charge >= 0.3 is 0 Å². The fourth-order valence-electron chi connectivity index (χ4n) is 4.51. The highest BCUT2D eigenvalue weighted by Gasteiger charge is 2.41. The number of likely N-dealkylation sites (tertiary alicyclic amines) is 1. The fraction of sp³-hybridized carbons (Fsp3) is 0.440. The van der Waals surface area contributed by atoms with Gasteiger partial charge in [-0.1, -0.05) is 57.2 Å². The zero-order valence-corrected chi connectivity index (χ0v) is 17.6. The summed E-state index contributed by atoms with van der Waals surface area (Å²) in [4.78, 5) is 19.6. The van der Waals surface area contributed by atoms with Gasteiger partial charge in [0.2, 0.25) is 5.91 Å². The van der Waals surface area contributed by atoms with E-state index in [9.17, 15) is 4.79 Å². The van der Waals surface area contributed by atoms with Crippen LogP contribution in [0.25, 0.3) is 11.0 Å². The Hall–Kier alpha value is -2.62. The molecule has 150 valence electrons. The van der Waals surface area contributed by atoms with Crippen molar-refractivity contribution in [1.82, 2.24) is 14.5 Å². The molecule has 2 fully saturated rings. The molecule has 2 aliphatic rings. The molecular formula is C25H29N3O. The SMILES string of the molecule is CC(C)(C)c1ccc(Cn2c(C3CC(=O)N(C4CC4)C3)nc3ccccc32)cc1. The molecule has 4 nitrogen and oxygen atoms in total. The largest absolute Gasteiger partial charge is 0.339 e. The number of imidazole rings is 1. The number of amides is 1. The summed E-state index contributed by atoms with van der Waals surface area (Å²) in [5.74, 6) is 1.54. The third-order valence-corrected chi connectivity index (χ3v) is 6.36. The molecule has 0 spiro atoms. The van der Waals surface area contributed by atoms with E-state index in [1.54, 1.807) is 0 Å². The van der Waals surface area contributed by atoms with E-state index in [4.69, 9.17) is 4.98 Å². The molecule has 1 aromatic heterocycles. The van der Waals surface area contributed by atoms with Crippen LogP contribution < -0.4 is 0 Å². The van der Waals surface area contributed by atoms with Crippen LogP contribution in [0, 0.1) is 0 Å². The number of hydrogen-bond acceptors (Lipinski definition) is 2. The molecule has 1 unspecified atom stereocenters. The van der Waals surface area contributed by atoms with Crippen LogP contribution in [-0.2, 0) is 16.8 Å². The van der Waals surface area contributed by atoms with Crippen LogP contribution in [-0.4, -0.2) is 32.9 Å². The maximum Gasteiger partial charge on any atom is 0.223 e. The molecule has 29 heavy (non-hydrogen) atoms. The minimum Gasteiger partial charge on any atom is -0.339 e. The van der Waals surface area contributed by atoms with Crippen molar-refractivity contribution in [2.75, 3.05) is 6.54 Å². The number of para-hydroxylation sites is 2. The smallest absolute Gasteiger partial charge is 0.223 e. The minimum atomic E-state index is 0.155. The molecule has 1 amide bonds. The molecule has 4 heteroatoms. The van der Waals surface area contributed by atoms with Gasteiger partial charge in [0.15, 0.2) is 0 Å². The van der Waals surface area contributed by atoms with E-state index in [0.29, 0.717) is 18.4 Å². The van der Waals surface area contributed by atoms with Crippen molar-refractivity contribution < 1.29 is 4.79 Å². The van der Waals surface area contributed by atoms with Gasteiger partial charge in [-0.05, 0) is 41.5 Å². The molecule has 3 aromatic rings. The van der Waals surface area contributed by atoms with Gasteiger partial charge in [-0.3, -0.25) is 4.79 Å². The zero-order chi connectivity index (χ0) is 20.2. The second-order valence-corrected chi connectivity index (χ2v) is 9.67. The van der Waals surface area contributed by atoms with Gasteiger partial charge in [0.25, 0.3) is 0 Å². The summed E-state index contributed by atoms with van der Waals surface area (Å²) in [6, 6.07) is 17.8. The lowest BCUT2D eigenvalue weighted by Gasteiger charge is -2.20. The molecule has 0 radical (unpaired) electrons. The van der Waals surface area contributed by atoms with Crippen molar-refractivity contribution in [1.29, 1.82) is 0 Å². The van der Waals surface area contributed by atoms with Crippen LogP contribution >= 0.6 is 0 Å². The van der Waals surface area contributed by atoms with Crippen LogP contribution in [0.2, 0.25) is 0 Å². The molecule has 0 N–H and O–H groups in total. The summed E-state index contributed by atoms with van der Waals surface area (Å²) >= 11 is 0. The quantitative estimate of drug-likeness (QED) is 0.641. The van der Waals surface area contributed by atoms with Crippen LogP contribution in [0.4, 0.5) is 0 Å². The number of fused-ring (bicyclic) bond motifs is 1. The molecule has 1 aliphatic heterocycles. The lowest BCUT2D eigenvalue weighted by atomic mass is 9.87. The molecule has 2 heterocycles. The number of benzene rings is 2. The van der Waals surface area contributed by atoms with Crippen LogP contribution in [0.1, 0.15) is 62.9 Å². The maximum absolute atomic E-state index is 12.5. The lowest BCUT2D eigenvalue weighted by molar-refractivity contribution is -0.128. The number of carbonyl (C=O) groups excluding carboxylic acids is 1. The van der Waals surface area contributed by atoms with Crippen molar-refractivity contribution in [3.05, 3.63) is 65.5 Å². The van der Waals surface area contributed by atoms with Crippen LogP contribution in [0.5, 0.6) is 0 Å². The first-order valence-electron chi connectivity index (χ1n) is 10.7. The Balaban J connectivity index is 1.49. The molecule has 0 bridgehead atoms. The van der Waals surface area contributed by atoms with Crippen LogP contribution in [0.15, 0.2) is 48.5 Å². The Morgan fingerprint density at radius 2 is 1.76 bits per heavy atom. The zero-order valence-electron chi connectivity index (χ0n) is 17.6. The Bertz CT molecular complexity index is 1050. The molecule has 2 aromatic carbocycles. The monoisotopic (exact) mass is 387 g/mol. The number of rotatable bonds is 4. The Morgan fingerprint density at radius 1 is 1.03 bits per heavy atom. The lowest BCUT2D eigenvalue weighted by Crippen LogP contribution is -2.27. The summed E-state index contributed by atoms with van der Waals surface area (Å²) in [6.07, 6.45) is 2.91. The van der Waals surface area contributed by atoms with Crippen molar-refractivity contribution in [3.63, 3.8) is 0 Å². The average molecular weight is 388 g/mol. The first-order chi connectivity index (χ1) is 13.9. The van der Waals surface area contributed by atoms with E-state index in [1.807, 2.05) is 6.07 Å². The predicted molar refractivity (Wildman–Crippen MR) is 116 cm³/mol. The van der Waals surface area contributed by atoms with Gasteiger partial charge in [-0.15, -0.1) is 0 Å². The topological polar surface area (TPSA) is 38.1 Å². The molecule has 1 saturated heterocycles. The normalized spacial score (nSPS) is 20.0. The van der Waals surface area contributed by atoms with Crippen LogP contribution in [0.3, 0.4) is 0 Å². The van der Waals surface area contributed by atoms with Crippen molar-refractivity contribution in [2.24, 2.45) is 0 Å². The molecule has 1 saturated carbocycles. The van der Waals surface area contributed by atoms with Crippen molar-refractivity contribution >= 4 is 16.9 Å². The third-order valence-electron chi connectivity index (χ3n) is 6.36. The van der Waals surface area contributed by atoms with E-state index in [0.717, 1.165) is 42.8 Å². The van der Waals surface area contributed by atoms with Gasteiger partial charge < -0.3 is 9.47 Å². The molecule has 1 atom stereocenters. The maximum atomic E-state index is 12.5. The Morgan fingerprint density at radius 3 is 2.45 bits per heavy atom. The number of nitrogens with zero attached hydrogens (tertiary/aromatic N) is 3. The Kier molecular flexibility index (Phi) is 4.27. The highest BCUT2D eigenvalue weighted by molar-refractivity contribution is 5.81. The number of hydrogen-bond donors (Lipinski definition) is 0. The number of aromatic nitrogens is 2. The van der Waals surface area contributed by atoms with Gasteiger partial charge in [0.1, 0.15) is 5.82 Å². The minimum absolute atomic E-state index is 0.155. The highest BCUT2D eigenvalue weighted by Crippen LogP contribution is 2.37. The third kappa shape index (κ3) is 3.45. The highest BCUT2D eigenvalue weighted by atomic mass is 16.2. The van der Waals surface area contributed by atoms with Crippen molar-refractivity contribution in [3.8, 4) is 0 Å². The predicted octanol–water partition coefficient (Wildman–Crippen LogP) is 4.86. The van der Waals surface area contributed by atoms with E-state index >= 15 is 0 Å². The van der Waals surface area contributed by atoms with E-state index in [-0.39, 0.29) is 11.3 Å².